The summed E-state index contributed by atoms with van der Waals surface area (Å²) < 4.78 is 74.3. The third kappa shape index (κ3) is 6.20. The van der Waals surface area contributed by atoms with Crippen LogP contribution in [0, 0.1) is 22.7 Å². The summed E-state index contributed by atoms with van der Waals surface area (Å²) in [4.78, 5) is 11.9. The lowest BCUT2D eigenvalue weighted by atomic mass is 9.92. The first-order chi connectivity index (χ1) is 18.2. The number of carbonyl (C=O) groups is 1. The minimum absolute atomic E-state index is 0.0561. The van der Waals surface area contributed by atoms with Crippen molar-refractivity contribution in [2.24, 2.45) is 5.73 Å². The molecule has 2 atom stereocenters. The highest BCUT2D eigenvalue weighted by Crippen LogP contribution is 2.42. The standard InChI is InChI=1S/C27H22F3N3O5S/c1-26(35,25(33)34)24(19-8-9-20(16-32)22(15-19)27(28,29)30)39(36,37)23-5-3-2-4-18(23)14-17-6-10-21(11-7-17)38-13-12-31/h2-11,15,24,35H,13-14H2,1H3,(H2,33,34). The lowest BCUT2D eigenvalue weighted by Gasteiger charge is -2.31. The zero-order valence-corrected chi connectivity index (χ0v) is 21.3. The van der Waals surface area contributed by atoms with Crippen LogP contribution in [-0.2, 0) is 27.2 Å². The van der Waals surface area contributed by atoms with E-state index in [2.05, 4.69) is 0 Å². The summed E-state index contributed by atoms with van der Waals surface area (Å²) in [5.41, 5.74) is 0.602. The number of nitrogens with zero attached hydrogens (tertiary/aromatic N) is 2. The molecule has 3 rings (SSSR count). The summed E-state index contributed by atoms with van der Waals surface area (Å²) in [6.45, 7) is 0.651. The number of primary amides is 1. The van der Waals surface area contributed by atoms with Crippen LogP contribution in [0.5, 0.6) is 5.75 Å². The highest BCUT2D eigenvalue weighted by atomic mass is 32.2. The van der Waals surface area contributed by atoms with Crippen LogP contribution in [0.25, 0.3) is 0 Å². The van der Waals surface area contributed by atoms with Crippen molar-refractivity contribution in [1.82, 2.24) is 0 Å². The quantitative estimate of drug-likeness (QED) is 0.405. The van der Waals surface area contributed by atoms with Gasteiger partial charge < -0.3 is 15.6 Å². The van der Waals surface area contributed by atoms with E-state index in [-0.39, 0.29) is 23.5 Å². The fraction of sp³-hybridized carbons (Fsp3) is 0.222. The maximum Gasteiger partial charge on any atom is 0.417 e. The topological polar surface area (TPSA) is 154 Å². The zero-order chi connectivity index (χ0) is 29.0. The van der Waals surface area contributed by atoms with Crippen molar-refractivity contribution in [2.75, 3.05) is 6.61 Å². The predicted octanol–water partition coefficient (Wildman–Crippen LogP) is 3.82. The summed E-state index contributed by atoms with van der Waals surface area (Å²) in [7, 11) is -4.77. The molecule has 8 nitrogen and oxygen atoms in total. The molecule has 0 aromatic heterocycles. The van der Waals surface area contributed by atoms with Gasteiger partial charge in [-0.2, -0.15) is 23.7 Å². The van der Waals surface area contributed by atoms with Crippen LogP contribution in [-0.4, -0.2) is 31.6 Å². The van der Waals surface area contributed by atoms with Gasteiger partial charge in [-0.25, -0.2) is 8.42 Å². The van der Waals surface area contributed by atoms with Crippen LogP contribution >= 0.6 is 0 Å². The van der Waals surface area contributed by atoms with Crippen LogP contribution in [0.4, 0.5) is 13.2 Å². The molecule has 3 N–H and O–H groups in total. The summed E-state index contributed by atoms with van der Waals surface area (Å²) in [6, 6.07) is 17.5. The van der Waals surface area contributed by atoms with E-state index in [0.717, 1.165) is 19.1 Å². The summed E-state index contributed by atoms with van der Waals surface area (Å²) in [6.07, 6.45) is -4.96. The lowest BCUT2D eigenvalue weighted by Crippen LogP contribution is -2.49. The Morgan fingerprint density at radius 3 is 2.28 bits per heavy atom. The summed E-state index contributed by atoms with van der Waals surface area (Å²) in [5, 5.41) is 26.5. The van der Waals surface area contributed by atoms with E-state index in [0.29, 0.717) is 17.4 Å². The molecule has 0 aliphatic carbocycles. The average Bonchev–Trinajstić information content (AvgIpc) is 2.87. The van der Waals surface area contributed by atoms with E-state index in [1.54, 1.807) is 30.3 Å². The van der Waals surface area contributed by atoms with Gasteiger partial charge in [-0.15, -0.1) is 0 Å². The smallest absolute Gasteiger partial charge is 0.417 e. The molecule has 3 aromatic carbocycles. The number of ether oxygens (including phenoxy) is 1. The van der Waals surface area contributed by atoms with Gasteiger partial charge in [-0.1, -0.05) is 36.4 Å². The van der Waals surface area contributed by atoms with Crippen molar-refractivity contribution in [3.63, 3.8) is 0 Å². The minimum atomic E-state index is -5.02. The van der Waals surface area contributed by atoms with Crippen molar-refractivity contribution in [2.45, 2.75) is 35.3 Å². The zero-order valence-electron chi connectivity index (χ0n) is 20.4. The number of benzene rings is 3. The Hall–Kier alpha value is -4.39. The van der Waals surface area contributed by atoms with Crippen LogP contribution in [0.2, 0.25) is 0 Å². The molecule has 1 amide bonds. The second-order valence-electron chi connectivity index (χ2n) is 8.73. The Bertz CT molecular complexity index is 1570. The number of alkyl halides is 3. The maximum absolute atomic E-state index is 14.0. The molecule has 0 spiro atoms. The molecule has 0 saturated carbocycles. The highest BCUT2D eigenvalue weighted by Gasteiger charge is 2.49. The molecule has 2 unspecified atom stereocenters. The van der Waals surface area contributed by atoms with Crippen molar-refractivity contribution < 1.29 is 36.2 Å². The van der Waals surface area contributed by atoms with E-state index in [1.807, 2.05) is 6.07 Å². The first-order valence-electron chi connectivity index (χ1n) is 11.3. The molecular weight excluding hydrogens is 535 g/mol. The van der Waals surface area contributed by atoms with Gasteiger partial charge in [0.25, 0.3) is 5.91 Å². The molecule has 0 saturated heterocycles. The molecule has 12 heteroatoms. The fourth-order valence-electron chi connectivity index (χ4n) is 4.09. The molecule has 0 aliphatic heterocycles. The van der Waals surface area contributed by atoms with Crippen molar-refractivity contribution in [3.05, 3.63) is 94.5 Å². The molecule has 3 aromatic rings. The first-order valence-corrected chi connectivity index (χ1v) is 12.8. The largest absolute Gasteiger partial charge is 0.479 e. The minimum Gasteiger partial charge on any atom is -0.479 e. The fourth-order valence-corrected chi connectivity index (χ4v) is 6.34. The number of aliphatic hydroxyl groups is 1. The van der Waals surface area contributed by atoms with Gasteiger partial charge in [-0.3, -0.25) is 4.79 Å². The molecular formula is C27H22F3N3O5S. The normalized spacial score (nSPS) is 13.9. The van der Waals surface area contributed by atoms with Gasteiger partial charge in [0.1, 0.15) is 17.1 Å². The van der Waals surface area contributed by atoms with Crippen LogP contribution in [0.15, 0.2) is 71.6 Å². The molecule has 0 heterocycles. The SMILES string of the molecule is CC(O)(C(N)=O)C(c1ccc(C#N)c(C(F)(F)F)c1)S(=O)(=O)c1ccccc1Cc1ccc(OCC#N)cc1. The molecule has 0 radical (unpaired) electrons. The molecule has 0 aliphatic rings. The van der Waals surface area contributed by atoms with Crippen molar-refractivity contribution in [1.29, 1.82) is 10.5 Å². The molecule has 39 heavy (non-hydrogen) atoms. The Morgan fingerprint density at radius 2 is 1.72 bits per heavy atom. The van der Waals surface area contributed by atoms with Gasteiger partial charge in [0.15, 0.2) is 22.0 Å². The van der Waals surface area contributed by atoms with Crippen LogP contribution in [0.1, 0.15) is 40.0 Å². The monoisotopic (exact) mass is 557 g/mol. The average molecular weight is 558 g/mol. The Kier molecular flexibility index (Phi) is 8.34. The molecule has 202 valence electrons. The number of nitrogens with two attached hydrogens (primary N) is 1. The van der Waals surface area contributed by atoms with E-state index < -0.39 is 49.5 Å². The number of hydrogen-bond donors (Lipinski definition) is 2. The number of carbonyl (C=O) groups excluding carboxylic acids is 1. The van der Waals surface area contributed by atoms with Gasteiger partial charge in [0, 0.05) is 0 Å². The van der Waals surface area contributed by atoms with E-state index >= 15 is 0 Å². The number of sulfone groups is 1. The Morgan fingerprint density at radius 1 is 1.08 bits per heavy atom. The second-order valence-corrected chi connectivity index (χ2v) is 10.7. The molecule has 0 bridgehead atoms. The Balaban J connectivity index is 2.16. The van der Waals surface area contributed by atoms with Gasteiger partial charge in [-0.05, 0) is 60.4 Å². The number of rotatable bonds is 9. The predicted molar refractivity (Wildman–Crippen MR) is 133 cm³/mol. The van der Waals surface area contributed by atoms with Crippen LogP contribution < -0.4 is 10.5 Å². The first kappa shape index (κ1) is 29.2. The molecule has 0 fully saturated rings. The van der Waals surface area contributed by atoms with Gasteiger partial charge in [0.05, 0.1) is 22.1 Å². The third-order valence-electron chi connectivity index (χ3n) is 5.99. The van der Waals surface area contributed by atoms with Gasteiger partial charge >= 0.3 is 6.18 Å². The van der Waals surface area contributed by atoms with Crippen molar-refractivity contribution in [3.8, 4) is 17.9 Å². The number of nitriles is 2. The van der Waals surface area contributed by atoms with E-state index in [4.69, 9.17) is 21.0 Å². The summed E-state index contributed by atoms with van der Waals surface area (Å²) >= 11 is 0. The van der Waals surface area contributed by atoms with Crippen LogP contribution in [0.3, 0.4) is 0 Å². The number of amides is 1. The van der Waals surface area contributed by atoms with E-state index in [1.165, 1.54) is 24.3 Å². The Labute approximate surface area is 222 Å². The number of hydrogen-bond acceptors (Lipinski definition) is 7. The highest BCUT2D eigenvalue weighted by molar-refractivity contribution is 7.91. The number of halogens is 3. The van der Waals surface area contributed by atoms with Crippen molar-refractivity contribution >= 4 is 15.7 Å². The third-order valence-corrected chi connectivity index (χ3v) is 8.36. The second kappa shape index (κ2) is 11.2. The maximum atomic E-state index is 14.0. The van der Waals surface area contributed by atoms with Gasteiger partial charge in [0.2, 0.25) is 0 Å². The summed E-state index contributed by atoms with van der Waals surface area (Å²) in [5.74, 6) is -1.06. The lowest BCUT2D eigenvalue weighted by molar-refractivity contribution is -0.137. The van der Waals surface area contributed by atoms with E-state index in [9.17, 15) is 31.5 Å².